The van der Waals surface area contributed by atoms with E-state index >= 15 is 0 Å². The molecule has 0 bridgehead atoms. The second-order valence-electron chi connectivity index (χ2n) is 6.89. The fourth-order valence-electron chi connectivity index (χ4n) is 2.87. The summed E-state index contributed by atoms with van der Waals surface area (Å²) in [7, 11) is 0. The monoisotopic (exact) mass is 284 g/mol. The molecule has 0 aliphatic heterocycles. The van der Waals surface area contributed by atoms with E-state index in [-0.39, 0.29) is 0 Å². The Morgan fingerprint density at radius 2 is 0.850 bits per heavy atom. The fraction of sp³-hybridized carbons (Fsp3) is 1.00. The summed E-state index contributed by atoms with van der Waals surface area (Å²) in [6.45, 7) is 6.56. The molecule has 0 fully saturated rings. The highest BCUT2D eigenvalue weighted by Gasteiger charge is 2.18. The van der Waals surface area contributed by atoms with Crippen LogP contribution in [0.3, 0.4) is 0 Å². The zero-order valence-corrected chi connectivity index (χ0v) is 14.6. The van der Waals surface area contributed by atoms with Crippen LogP contribution in [-0.4, -0.2) is 10.7 Å². The van der Waals surface area contributed by atoms with Crippen molar-refractivity contribution in [3.63, 3.8) is 0 Å². The van der Waals surface area contributed by atoms with Crippen LogP contribution in [-0.2, 0) is 0 Å². The summed E-state index contributed by atoms with van der Waals surface area (Å²) >= 11 is 0. The average Bonchev–Trinajstić information content (AvgIpc) is 2.41. The van der Waals surface area contributed by atoms with Crippen molar-refractivity contribution >= 4 is 0 Å². The molecular weight excluding hydrogens is 244 g/mol. The van der Waals surface area contributed by atoms with Crippen molar-refractivity contribution in [2.24, 2.45) is 0 Å². The molecule has 1 atom stereocenters. The molecule has 0 saturated carbocycles. The summed E-state index contributed by atoms with van der Waals surface area (Å²) < 4.78 is 0. The molecule has 0 amide bonds. The van der Waals surface area contributed by atoms with Crippen LogP contribution in [0.4, 0.5) is 0 Å². The van der Waals surface area contributed by atoms with Gasteiger partial charge in [-0.25, -0.2) is 0 Å². The molecule has 0 heterocycles. The van der Waals surface area contributed by atoms with E-state index in [2.05, 4.69) is 13.8 Å². The van der Waals surface area contributed by atoms with E-state index in [0.717, 1.165) is 12.8 Å². The van der Waals surface area contributed by atoms with Crippen molar-refractivity contribution in [1.29, 1.82) is 0 Å². The van der Waals surface area contributed by atoms with Crippen LogP contribution < -0.4 is 0 Å². The molecule has 0 aliphatic rings. The molecule has 0 saturated heterocycles. The highest BCUT2D eigenvalue weighted by atomic mass is 16.3. The molecule has 20 heavy (non-hydrogen) atoms. The van der Waals surface area contributed by atoms with Gasteiger partial charge in [0.2, 0.25) is 0 Å². The van der Waals surface area contributed by atoms with E-state index in [1.165, 1.54) is 83.5 Å². The number of aliphatic hydroxyl groups is 1. The van der Waals surface area contributed by atoms with Gasteiger partial charge in [-0.3, -0.25) is 0 Å². The maximum absolute atomic E-state index is 10.4. The molecule has 1 N–H and O–H groups in total. The van der Waals surface area contributed by atoms with Crippen molar-refractivity contribution < 1.29 is 5.11 Å². The van der Waals surface area contributed by atoms with Gasteiger partial charge in [-0.2, -0.15) is 0 Å². The van der Waals surface area contributed by atoms with Crippen LogP contribution in [0.25, 0.3) is 0 Å². The Kier molecular flexibility index (Phi) is 13.9. The molecule has 0 aromatic heterocycles. The van der Waals surface area contributed by atoms with E-state index in [0.29, 0.717) is 0 Å². The normalized spacial score (nSPS) is 14.4. The minimum Gasteiger partial charge on any atom is -0.390 e. The summed E-state index contributed by atoms with van der Waals surface area (Å²) in [6.07, 6.45) is 19.2. The first-order valence-electron chi connectivity index (χ1n) is 9.34. The van der Waals surface area contributed by atoms with Crippen LogP contribution in [0.2, 0.25) is 0 Å². The maximum atomic E-state index is 10.4. The lowest BCUT2D eigenvalue weighted by molar-refractivity contribution is 0.0366. The second kappa shape index (κ2) is 13.9. The first-order chi connectivity index (χ1) is 9.62. The molecule has 1 unspecified atom stereocenters. The van der Waals surface area contributed by atoms with Gasteiger partial charge in [-0.05, 0) is 19.8 Å². The Morgan fingerprint density at radius 1 is 0.550 bits per heavy atom. The van der Waals surface area contributed by atoms with Gasteiger partial charge in [0.25, 0.3) is 0 Å². The third-order valence-electron chi connectivity index (χ3n) is 4.39. The number of hydrogen-bond acceptors (Lipinski definition) is 1. The van der Waals surface area contributed by atoms with Gasteiger partial charge in [0.1, 0.15) is 0 Å². The van der Waals surface area contributed by atoms with Gasteiger partial charge in [-0.15, -0.1) is 0 Å². The quantitative estimate of drug-likeness (QED) is 0.335. The zero-order valence-electron chi connectivity index (χ0n) is 14.6. The van der Waals surface area contributed by atoms with Gasteiger partial charge in [0.05, 0.1) is 5.60 Å². The number of hydrogen-bond donors (Lipinski definition) is 1. The standard InChI is InChI=1S/C19H40O/c1-4-6-8-10-12-14-16-18-19(3,20)17-15-13-11-9-7-5-2/h20H,4-18H2,1-3H3. The fourth-order valence-corrected chi connectivity index (χ4v) is 2.87. The van der Waals surface area contributed by atoms with E-state index < -0.39 is 5.60 Å². The Hall–Kier alpha value is -0.0400. The van der Waals surface area contributed by atoms with Crippen molar-refractivity contribution in [3.8, 4) is 0 Å². The third-order valence-corrected chi connectivity index (χ3v) is 4.39. The smallest absolute Gasteiger partial charge is 0.0619 e. The average molecular weight is 285 g/mol. The Morgan fingerprint density at radius 3 is 1.20 bits per heavy atom. The van der Waals surface area contributed by atoms with Crippen molar-refractivity contribution in [1.82, 2.24) is 0 Å². The molecule has 0 spiro atoms. The first kappa shape index (κ1) is 20.0. The lowest BCUT2D eigenvalue weighted by atomic mass is 9.91. The molecule has 0 aromatic carbocycles. The highest BCUT2D eigenvalue weighted by molar-refractivity contribution is 4.72. The van der Waals surface area contributed by atoms with E-state index in [9.17, 15) is 5.11 Å². The Balaban J connectivity index is 3.35. The molecule has 0 aliphatic carbocycles. The molecule has 1 nitrogen and oxygen atoms in total. The van der Waals surface area contributed by atoms with Crippen LogP contribution >= 0.6 is 0 Å². The topological polar surface area (TPSA) is 20.2 Å². The van der Waals surface area contributed by atoms with Gasteiger partial charge in [-0.1, -0.05) is 97.3 Å². The van der Waals surface area contributed by atoms with Gasteiger partial charge < -0.3 is 5.11 Å². The van der Waals surface area contributed by atoms with Crippen molar-refractivity contribution in [2.75, 3.05) is 0 Å². The molecule has 0 rings (SSSR count). The molecule has 0 aromatic rings. The largest absolute Gasteiger partial charge is 0.390 e. The maximum Gasteiger partial charge on any atom is 0.0619 e. The van der Waals surface area contributed by atoms with Gasteiger partial charge in [0, 0.05) is 0 Å². The summed E-state index contributed by atoms with van der Waals surface area (Å²) in [6, 6.07) is 0. The van der Waals surface area contributed by atoms with Gasteiger partial charge >= 0.3 is 0 Å². The van der Waals surface area contributed by atoms with Crippen molar-refractivity contribution in [2.45, 2.75) is 123 Å². The molecule has 122 valence electrons. The number of unbranched alkanes of at least 4 members (excludes halogenated alkanes) is 11. The molecular formula is C19H40O. The predicted molar refractivity (Wildman–Crippen MR) is 91.2 cm³/mol. The minimum atomic E-state index is -0.409. The van der Waals surface area contributed by atoms with E-state index in [1.807, 2.05) is 6.92 Å². The van der Waals surface area contributed by atoms with Crippen LogP contribution in [0.1, 0.15) is 117 Å². The van der Waals surface area contributed by atoms with Crippen molar-refractivity contribution in [3.05, 3.63) is 0 Å². The second-order valence-corrected chi connectivity index (χ2v) is 6.89. The van der Waals surface area contributed by atoms with Gasteiger partial charge in [0.15, 0.2) is 0 Å². The van der Waals surface area contributed by atoms with E-state index in [4.69, 9.17) is 0 Å². The van der Waals surface area contributed by atoms with Crippen LogP contribution in [0.5, 0.6) is 0 Å². The lowest BCUT2D eigenvalue weighted by Crippen LogP contribution is -2.23. The number of rotatable bonds is 15. The summed E-state index contributed by atoms with van der Waals surface area (Å²) in [5.74, 6) is 0. The van der Waals surface area contributed by atoms with Crippen LogP contribution in [0, 0.1) is 0 Å². The minimum absolute atomic E-state index is 0.409. The molecule has 0 radical (unpaired) electrons. The lowest BCUT2D eigenvalue weighted by Gasteiger charge is -2.23. The first-order valence-corrected chi connectivity index (χ1v) is 9.34. The van der Waals surface area contributed by atoms with Crippen LogP contribution in [0.15, 0.2) is 0 Å². The highest BCUT2D eigenvalue weighted by Crippen LogP contribution is 2.22. The summed E-state index contributed by atoms with van der Waals surface area (Å²) in [5.41, 5.74) is -0.409. The summed E-state index contributed by atoms with van der Waals surface area (Å²) in [5, 5.41) is 10.4. The summed E-state index contributed by atoms with van der Waals surface area (Å²) in [4.78, 5) is 0. The Bertz CT molecular complexity index is 186. The van der Waals surface area contributed by atoms with E-state index in [1.54, 1.807) is 0 Å². The molecule has 1 heteroatoms. The predicted octanol–water partition coefficient (Wildman–Crippen LogP) is 6.63. The third kappa shape index (κ3) is 14.4. The Labute approximate surface area is 128 Å². The zero-order chi connectivity index (χ0) is 15.1. The SMILES string of the molecule is CCCCCCCCCC(C)(O)CCCCCCCC.